The number of hydrogen-bond acceptors (Lipinski definition) is 2. The molecule has 12 heavy (non-hydrogen) atoms. The minimum Gasteiger partial charge on any atom is -0.341 e. The third-order valence-corrected chi connectivity index (χ3v) is 2.14. The van der Waals surface area contributed by atoms with Crippen LogP contribution in [-0.4, -0.2) is 9.97 Å². The maximum absolute atomic E-state index is 4.34. The van der Waals surface area contributed by atoms with Gasteiger partial charge in [-0.15, -0.1) is 0 Å². The lowest BCUT2D eigenvalue weighted by Crippen LogP contribution is -1.77. The maximum Gasteiger partial charge on any atom is 0.116 e. The van der Waals surface area contributed by atoms with Crippen LogP contribution >= 0.6 is 12.6 Å². The first kappa shape index (κ1) is 7.68. The largest absolute Gasteiger partial charge is 0.341 e. The second-order valence-corrected chi connectivity index (χ2v) is 3.18. The lowest BCUT2D eigenvalue weighted by atomic mass is 10.2. The third kappa shape index (κ3) is 1.20. The van der Waals surface area contributed by atoms with Crippen molar-refractivity contribution in [2.75, 3.05) is 0 Å². The Bertz CT molecular complexity index is 406. The quantitative estimate of drug-likeness (QED) is 0.644. The van der Waals surface area contributed by atoms with E-state index in [1.54, 1.807) is 0 Å². The highest BCUT2D eigenvalue weighted by molar-refractivity contribution is 7.79. The highest BCUT2D eigenvalue weighted by Gasteiger charge is 1.99. The minimum atomic E-state index is 0.660. The standard InChI is InChI=1S/C9H10N2S/c1-6-2-3-7-8(4-6)11-9(5-12)10-7/h2-4,12H,5H2,1H3,(H,10,11). The number of rotatable bonds is 1. The molecule has 62 valence electrons. The van der Waals surface area contributed by atoms with Gasteiger partial charge < -0.3 is 4.98 Å². The molecule has 2 nitrogen and oxygen atoms in total. The van der Waals surface area contributed by atoms with Crippen molar-refractivity contribution in [1.29, 1.82) is 0 Å². The molecule has 3 heteroatoms. The molecule has 1 N–H and O–H groups in total. The summed E-state index contributed by atoms with van der Waals surface area (Å²) in [4.78, 5) is 7.54. The van der Waals surface area contributed by atoms with E-state index in [0.29, 0.717) is 5.75 Å². The second kappa shape index (κ2) is 2.83. The summed E-state index contributed by atoms with van der Waals surface area (Å²) in [6, 6.07) is 6.18. The predicted molar refractivity (Wildman–Crippen MR) is 53.5 cm³/mol. The Hall–Kier alpha value is -0.960. The first-order chi connectivity index (χ1) is 5.79. The van der Waals surface area contributed by atoms with Gasteiger partial charge in [-0.1, -0.05) is 6.07 Å². The normalized spacial score (nSPS) is 10.8. The van der Waals surface area contributed by atoms with Crippen LogP contribution in [0.25, 0.3) is 11.0 Å². The second-order valence-electron chi connectivity index (χ2n) is 2.86. The molecule has 0 radical (unpaired) electrons. The molecule has 0 aliphatic heterocycles. The van der Waals surface area contributed by atoms with Crippen molar-refractivity contribution in [3.8, 4) is 0 Å². The van der Waals surface area contributed by atoms with Gasteiger partial charge in [0.05, 0.1) is 11.0 Å². The smallest absolute Gasteiger partial charge is 0.116 e. The van der Waals surface area contributed by atoms with Gasteiger partial charge in [-0.25, -0.2) is 4.98 Å². The zero-order valence-electron chi connectivity index (χ0n) is 6.83. The maximum atomic E-state index is 4.34. The summed E-state index contributed by atoms with van der Waals surface area (Å²) in [5, 5.41) is 0. The van der Waals surface area contributed by atoms with E-state index in [1.807, 2.05) is 6.07 Å². The summed E-state index contributed by atoms with van der Waals surface area (Å²) >= 11 is 4.15. The molecule has 0 amide bonds. The fourth-order valence-corrected chi connectivity index (χ4v) is 1.40. The Kier molecular flexibility index (Phi) is 1.81. The van der Waals surface area contributed by atoms with Gasteiger partial charge in [0.25, 0.3) is 0 Å². The number of hydrogen-bond donors (Lipinski definition) is 2. The highest BCUT2D eigenvalue weighted by atomic mass is 32.1. The predicted octanol–water partition coefficient (Wildman–Crippen LogP) is 2.30. The van der Waals surface area contributed by atoms with Crippen LogP contribution in [0.2, 0.25) is 0 Å². The molecule has 0 spiro atoms. The molecule has 1 aromatic carbocycles. The molecule has 0 atom stereocenters. The molecular weight excluding hydrogens is 168 g/mol. The van der Waals surface area contributed by atoms with Crippen LogP contribution in [0.5, 0.6) is 0 Å². The first-order valence-electron chi connectivity index (χ1n) is 3.86. The molecule has 0 aliphatic rings. The summed E-state index contributed by atoms with van der Waals surface area (Å²) < 4.78 is 0. The van der Waals surface area contributed by atoms with Crippen LogP contribution in [0.15, 0.2) is 18.2 Å². The highest BCUT2D eigenvalue weighted by Crippen LogP contribution is 2.13. The average Bonchev–Trinajstić information content (AvgIpc) is 2.46. The van der Waals surface area contributed by atoms with Crippen LogP contribution in [0.3, 0.4) is 0 Å². The number of fused-ring (bicyclic) bond motifs is 1. The molecule has 0 fully saturated rings. The molecule has 0 saturated heterocycles. The van der Waals surface area contributed by atoms with Gasteiger partial charge in [-0.05, 0) is 24.6 Å². The van der Waals surface area contributed by atoms with Gasteiger partial charge in [-0.3, -0.25) is 0 Å². The van der Waals surface area contributed by atoms with Crippen LogP contribution < -0.4 is 0 Å². The van der Waals surface area contributed by atoms with E-state index in [-0.39, 0.29) is 0 Å². The van der Waals surface area contributed by atoms with E-state index in [9.17, 15) is 0 Å². The fourth-order valence-electron chi connectivity index (χ4n) is 1.25. The topological polar surface area (TPSA) is 28.7 Å². The Balaban J connectivity index is 2.67. The Morgan fingerprint density at radius 2 is 2.33 bits per heavy atom. The van der Waals surface area contributed by atoms with Gasteiger partial charge in [0.15, 0.2) is 0 Å². The van der Waals surface area contributed by atoms with E-state index < -0.39 is 0 Å². The van der Waals surface area contributed by atoms with E-state index >= 15 is 0 Å². The first-order valence-corrected chi connectivity index (χ1v) is 4.49. The van der Waals surface area contributed by atoms with Crippen LogP contribution in [0.1, 0.15) is 11.4 Å². The van der Waals surface area contributed by atoms with Crippen LogP contribution in [0, 0.1) is 6.92 Å². The molecule has 0 aliphatic carbocycles. The van der Waals surface area contributed by atoms with E-state index in [4.69, 9.17) is 0 Å². The van der Waals surface area contributed by atoms with Crippen molar-refractivity contribution >= 4 is 23.7 Å². The van der Waals surface area contributed by atoms with Gasteiger partial charge in [0, 0.05) is 5.75 Å². The molecule has 2 aromatic rings. The zero-order valence-corrected chi connectivity index (χ0v) is 7.73. The lowest BCUT2D eigenvalue weighted by molar-refractivity contribution is 1.15. The third-order valence-electron chi connectivity index (χ3n) is 1.84. The summed E-state index contributed by atoms with van der Waals surface area (Å²) in [5.74, 6) is 1.59. The van der Waals surface area contributed by atoms with Crippen molar-refractivity contribution in [3.05, 3.63) is 29.6 Å². The number of nitrogens with one attached hydrogen (secondary N) is 1. The number of benzene rings is 1. The summed E-state index contributed by atoms with van der Waals surface area (Å²) in [5.41, 5.74) is 3.36. The van der Waals surface area contributed by atoms with Crippen molar-refractivity contribution in [2.24, 2.45) is 0 Å². The van der Waals surface area contributed by atoms with E-state index in [0.717, 1.165) is 16.9 Å². The molecule has 0 saturated carbocycles. The number of aryl methyl sites for hydroxylation is 1. The number of H-pyrrole nitrogens is 1. The molecule has 0 unspecified atom stereocenters. The lowest BCUT2D eigenvalue weighted by Gasteiger charge is -1.89. The minimum absolute atomic E-state index is 0.660. The Morgan fingerprint density at radius 1 is 1.50 bits per heavy atom. The van der Waals surface area contributed by atoms with Gasteiger partial charge in [0.2, 0.25) is 0 Å². The number of aromatic nitrogens is 2. The van der Waals surface area contributed by atoms with Crippen molar-refractivity contribution in [2.45, 2.75) is 12.7 Å². The van der Waals surface area contributed by atoms with Crippen molar-refractivity contribution < 1.29 is 0 Å². The van der Waals surface area contributed by atoms with Gasteiger partial charge in [-0.2, -0.15) is 12.6 Å². The summed E-state index contributed by atoms with van der Waals surface area (Å²) in [6.45, 7) is 2.07. The van der Waals surface area contributed by atoms with Crippen LogP contribution in [0.4, 0.5) is 0 Å². The summed E-state index contributed by atoms with van der Waals surface area (Å²) in [7, 11) is 0. The van der Waals surface area contributed by atoms with Crippen molar-refractivity contribution in [1.82, 2.24) is 9.97 Å². The molecule has 2 rings (SSSR count). The van der Waals surface area contributed by atoms with Gasteiger partial charge in [0.1, 0.15) is 5.82 Å². The van der Waals surface area contributed by atoms with E-state index in [2.05, 4.69) is 41.7 Å². The Morgan fingerprint density at radius 3 is 3.08 bits per heavy atom. The average molecular weight is 178 g/mol. The number of aromatic amines is 1. The number of nitrogens with zero attached hydrogens (tertiary/aromatic N) is 1. The van der Waals surface area contributed by atoms with Gasteiger partial charge >= 0.3 is 0 Å². The molecular formula is C9H10N2S. The molecule has 1 heterocycles. The number of thiol groups is 1. The van der Waals surface area contributed by atoms with Crippen molar-refractivity contribution in [3.63, 3.8) is 0 Å². The van der Waals surface area contributed by atoms with Crippen LogP contribution in [-0.2, 0) is 5.75 Å². The molecule has 1 aromatic heterocycles. The monoisotopic (exact) mass is 178 g/mol. The molecule has 0 bridgehead atoms. The fraction of sp³-hybridized carbons (Fsp3) is 0.222. The number of imidazole rings is 1. The zero-order chi connectivity index (χ0) is 8.55. The SMILES string of the molecule is Cc1ccc2nc(CS)[nH]c2c1. The Labute approximate surface area is 76.4 Å². The summed E-state index contributed by atoms with van der Waals surface area (Å²) in [6.07, 6.45) is 0. The van der Waals surface area contributed by atoms with E-state index in [1.165, 1.54) is 5.56 Å².